The lowest BCUT2D eigenvalue weighted by atomic mass is 9.73. The van der Waals surface area contributed by atoms with E-state index in [1.165, 1.54) is 12.0 Å². The number of imidazole rings is 1. The Hall–Kier alpha value is -3.84. The predicted octanol–water partition coefficient (Wildman–Crippen LogP) is 4.21. The molecule has 1 saturated carbocycles. The van der Waals surface area contributed by atoms with Crippen LogP contribution in [0.2, 0.25) is 0 Å². The molecule has 1 aliphatic rings. The molecule has 3 aromatic heterocycles. The fourth-order valence-electron chi connectivity index (χ4n) is 4.20. The average Bonchev–Trinajstić information content (AvgIpc) is 3.45. The number of nitrogens with two attached hydrogens (primary N) is 1. The number of rotatable bonds is 4. The van der Waals surface area contributed by atoms with E-state index in [9.17, 15) is 0 Å². The molecule has 0 saturated heterocycles. The second kappa shape index (κ2) is 6.85. The van der Waals surface area contributed by atoms with Gasteiger partial charge in [-0.15, -0.1) is 0 Å². The fraction of sp³-hybridized carbons (Fsp3) is 0.167. The van der Waals surface area contributed by atoms with Crippen molar-refractivity contribution >= 4 is 11.2 Å². The van der Waals surface area contributed by atoms with Gasteiger partial charge in [0.1, 0.15) is 11.2 Å². The maximum Gasteiger partial charge on any atom is 0.169 e. The zero-order chi connectivity index (χ0) is 20.8. The summed E-state index contributed by atoms with van der Waals surface area (Å²) >= 11 is 0. The molecule has 0 bridgehead atoms. The van der Waals surface area contributed by atoms with E-state index in [1.807, 2.05) is 41.0 Å². The highest BCUT2D eigenvalue weighted by Crippen LogP contribution is 2.39. The van der Waals surface area contributed by atoms with Gasteiger partial charge in [0.25, 0.3) is 0 Å². The molecule has 0 spiro atoms. The fourth-order valence-corrected chi connectivity index (χ4v) is 4.20. The summed E-state index contributed by atoms with van der Waals surface area (Å²) in [6, 6.07) is 20.3. The third-order valence-corrected chi connectivity index (χ3v) is 6.12. The number of nitrogens with one attached hydrogen (secondary N) is 1. The van der Waals surface area contributed by atoms with Gasteiger partial charge in [0.05, 0.1) is 6.20 Å². The molecular weight excluding hydrogens is 386 g/mol. The summed E-state index contributed by atoms with van der Waals surface area (Å²) < 4.78 is 2.05. The number of hydrogen-bond donors (Lipinski definition) is 2. The molecule has 0 atom stereocenters. The van der Waals surface area contributed by atoms with E-state index < -0.39 is 0 Å². The lowest BCUT2D eigenvalue weighted by Crippen LogP contribution is -2.43. The molecular formula is C24H21N7. The minimum absolute atomic E-state index is 0.190. The van der Waals surface area contributed by atoms with E-state index in [-0.39, 0.29) is 5.54 Å². The van der Waals surface area contributed by atoms with Crippen molar-refractivity contribution in [3.05, 3.63) is 78.6 Å². The maximum absolute atomic E-state index is 6.52. The number of aromatic nitrogens is 6. The van der Waals surface area contributed by atoms with Crippen LogP contribution < -0.4 is 5.73 Å². The monoisotopic (exact) mass is 407 g/mol. The van der Waals surface area contributed by atoms with Crippen molar-refractivity contribution < 1.29 is 0 Å². The molecule has 6 rings (SSSR count). The Balaban J connectivity index is 1.54. The first-order valence-electron chi connectivity index (χ1n) is 10.4. The number of nitrogens with zero attached hydrogens (tertiary/aromatic N) is 5. The molecule has 0 amide bonds. The summed E-state index contributed by atoms with van der Waals surface area (Å²) in [7, 11) is 0. The van der Waals surface area contributed by atoms with Crippen molar-refractivity contribution in [1.29, 1.82) is 0 Å². The first-order valence-corrected chi connectivity index (χ1v) is 10.4. The van der Waals surface area contributed by atoms with Crippen LogP contribution in [-0.2, 0) is 5.54 Å². The van der Waals surface area contributed by atoms with E-state index in [1.54, 1.807) is 12.4 Å². The molecule has 152 valence electrons. The van der Waals surface area contributed by atoms with Crippen LogP contribution in [0.25, 0.3) is 39.8 Å². The molecule has 0 radical (unpaired) electrons. The van der Waals surface area contributed by atoms with E-state index in [4.69, 9.17) is 15.7 Å². The lowest BCUT2D eigenvalue weighted by molar-refractivity contribution is 0.253. The summed E-state index contributed by atoms with van der Waals surface area (Å²) in [4.78, 5) is 14.2. The van der Waals surface area contributed by atoms with Gasteiger partial charge in [-0.3, -0.25) is 9.67 Å². The van der Waals surface area contributed by atoms with Crippen molar-refractivity contribution in [3.63, 3.8) is 0 Å². The van der Waals surface area contributed by atoms with Gasteiger partial charge in [0, 0.05) is 23.0 Å². The third kappa shape index (κ3) is 2.93. The molecule has 1 aliphatic carbocycles. The molecule has 5 aromatic rings. The summed E-state index contributed by atoms with van der Waals surface area (Å²) in [5.74, 6) is 1.41. The molecule has 7 heteroatoms. The number of H-pyrrole nitrogens is 1. The number of aromatic amines is 1. The van der Waals surface area contributed by atoms with E-state index >= 15 is 0 Å². The topological polar surface area (TPSA) is 98.3 Å². The van der Waals surface area contributed by atoms with Crippen LogP contribution >= 0.6 is 0 Å². The Labute approximate surface area is 179 Å². The quantitative estimate of drug-likeness (QED) is 0.465. The Morgan fingerprint density at radius 3 is 2.42 bits per heavy atom. The minimum Gasteiger partial charge on any atom is -0.321 e. The van der Waals surface area contributed by atoms with Crippen molar-refractivity contribution in [2.45, 2.75) is 24.8 Å². The molecule has 1 fully saturated rings. The molecule has 2 aromatic carbocycles. The van der Waals surface area contributed by atoms with Crippen LogP contribution in [0, 0.1) is 0 Å². The highest BCUT2D eigenvalue weighted by molar-refractivity contribution is 5.80. The van der Waals surface area contributed by atoms with Crippen LogP contribution in [0.3, 0.4) is 0 Å². The number of benzene rings is 2. The van der Waals surface area contributed by atoms with Gasteiger partial charge in [-0.1, -0.05) is 42.5 Å². The maximum atomic E-state index is 6.52. The van der Waals surface area contributed by atoms with Crippen LogP contribution in [0.1, 0.15) is 24.8 Å². The van der Waals surface area contributed by atoms with E-state index in [0.29, 0.717) is 5.82 Å². The van der Waals surface area contributed by atoms with Crippen LogP contribution in [0.4, 0.5) is 0 Å². The number of hydrogen-bond acceptors (Lipinski definition) is 5. The van der Waals surface area contributed by atoms with Crippen molar-refractivity contribution in [3.8, 4) is 28.6 Å². The smallest absolute Gasteiger partial charge is 0.169 e. The predicted molar refractivity (Wildman–Crippen MR) is 119 cm³/mol. The second-order valence-corrected chi connectivity index (χ2v) is 8.07. The zero-order valence-electron chi connectivity index (χ0n) is 16.9. The van der Waals surface area contributed by atoms with Gasteiger partial charge in [0.15, 0.2) is 17.3 Å². The Morgan fingerprint density at radius 2 is 1.74 bits per heavy atom. The van der Waals surface area contributed by atoms with Gasteiger partial charge in [0.2, 0.25) is 0 Å². The van der Waals surface area contributed by atoms with Gasteiger partial charge >= 0.3 is 0 Å². The molecule has 31 heavy (non-hydrogen) atoms. The minimum atomic E-state index is -0.190. The van der Waals surface area contributed by atoms with Crippen LogP contribution in [0.5, 0.6) is 0 Å². The van der Waals surface area contributed by atoms with Crippen LogP contribution in [0.15, 0.2) is 73.1 Å². The van der Waals surface area contributed by atoms with Crippen molar-refractivity contribution in [1.82, 2.24) is 29.7 Å². The number of fused-ring (bicyclic) bond motifs is 1. The van der Waals surface area contributed by atoms with Crippen molar-refractivity contribution in [2.75, 3.05) is 0 Å². The molecule has 3 heterocycles. The average molecular weight is 407 g/mol. The Morgan fingerprint density at radius 1 is 0.935 bits per heavy atom. The summed E-state index contributed by atoms with van der Waals surface area (Å²) in [6.45, 7) is 0. The van der Waals surface area contributed by atoms with Gasteiger partial charge in [-0.05, 0) is 43.0 Å². The molecule has 0 unspecified atom stereocenters. The Bertz CT molecular complexity index is 1350. The van der Waals surface area contributed by atoms with Gasteiger partial charge < -0.3 is 5.73 Å². The van der Waals surface area contributed by atoms with E-state index in [0.717, 1.165) is 46.8 Å². The first kappa shape index (κ1) is 18.0. The second-order valence-electron chi connectivity index (χ2n) is 8.07. The standard InChI is InChI=1S/C24H21N7/c25-24(12-4-13-24)17-7-9-18(10-8-17)31-22(19-11-14-27-30-19)28-20-15-26-21(29-23(20)31)16-5-2-1-3-6-16/h1-3,5-11,14-15H,4,12-13,25H2,(H,27,30). The third-order valence-electron chi connectivity index (χ3n) is 6.12. The first-order chi connectivity index (χ1) is 15.2. The highest BCUT2D eigenvalue weighted by atomic mass is 15.2. The summed E-state index contributed by atoms with van der Waals surface area (Å²) in [5, 5.41) is 7.13. The Kier molecular flexibility index (Phi) is 3.97. The SMILES string of the molecule is NC1(c2ccc(-n3c(-c4ccn[nH]4)nc4cnc(-c5ccccc5)nc43)cc2)CCC1. The summed E-state index contributed by atoms with van der Waals surface area (Å²) in [5.41, 5.74) is 11.7. The van der Waals surface area contributed by atoms with Crippen molar-refractivity contribution in [2.24, 2.45) is 5.73 Å². The molecule has 7 nitrogen and oxygen atoms in total. The zero-order valence-corrected chi connectivity index (χ0v) is 16.9. The van der Waals surface area contributed by atoms with E-state index in [2.05, 4.69) is 39.4 Å². The van der Waals surface area contributed by atoms with Crippen LogP contribution in [-0.4, -0.2) is 29.7 Å². The molecule has 0 aliphatic heterocycles. The largest absolute Gasteiger partial charge is 0.321 e. The highest BCUT2D eigenvalue weighted by Gasteiger charge is 2.34. The van der Waals surface area contributed by atoms with Gasteiger partial charge in [-0.2, -0.15) is 5.10 Å². The summed E-state index contributed by atoms with van der Waals surface area (Å²) in [6.07, 6.45) is 6.75. The molecule has 3 N–H and O–H groups in total. The lowest BCUT2D eigenvalue weighted by Gasteiger charge is -2.38. The normalized spacial score (nSPS) is 15.1. The van der Waals surface area contributed by atoms with Gasteiger partial charge in [-0.25, -0.2) is 15.0 Å².